The second-order valence-corrected chi connectivity index (χ2v) is 5.57. The Labute approximate surface area is 125 Å². The molecule has 20 heavy (non-hydrogen) atoms. The number of rotatable bonds is 10. The molecule has 0 saturated heterocycles. The highest BCUT2D eigenvalue weighted by Gasteiger charge is 2.13. The molecule has 0 aliphatic carbocycles. The highest BCUT2D eigenvalue weighted by molar-refractivity contribution is 5.27. The van der Waals surface area contributed by atoms with Crippen LogP contribution in [-0.2, 0) is 25.7 Å². The molecule has 113 valence electrons. The molecule has 1 aromatic rings. The summed E-state index contributed by atoms with van der Waals surface area (Å²) in [6.07, 6.45) is 11.4. The van der Waals surface area contributed by atoms with Gasteiger partial charge in [-0.25, -0.2) is 9.97 Å². The van der Waals surface area contributed by atoms with Crippen LogP contribution in [0.3, 0.4) is 0 Å². The Hall–Kier alpha value is -0.920. The maximum atomic E-state index is 4.78. The maximum absolute atomic E-state index is 4.78. The van der Waals surface area contributed by atoms with E-state index in [-0.39, 0.29) is 0 Å². The summed E-state index contributed by atoms with van der Waals surface area (Å²) in [6.45, 7) is 10.7. The van der Waals surface area contributed by atoms with Gasteiger partial charge in [0.1, 0.15) is 5.82 Å². The van der Waals surface area contributed by atoms with Gasteiger partial charge in [0.25, 0.3) is 0 Å². The van der Waals surface area contributed by atoms with Crippen molar-refractivity contribution in [3.05, 3.63) is 29.7 Å². The van der Waals surface area contributed by atoms with Crippen LogP contribution in [0, 0.1) is 6.92 Å². The molecule has 2 heteroatoms. The van der Waals surface area contributed by atoms with Crippen molar-refractivity contribution < 1.29 is 0 Å². The van der Waals surface area contributed by atoms with Crippen LogP contribution in [0.1, 0.15) is 82.1 Å². The molecule has 0 amide bonds. The van der Waals surface area contributed by atoms with Gasteiger partial charge in [0.2, 0.25) is 0 Å². The monoisotopic (exact) mass is 275 g/mol. The normalized spacial score (nSPS) is 11.0. The number of unbranched alkanes of at least 4 members (excludes halogenated alkanes) is 3. The molecule has 0 fully saturated rings. The molecule has 2 nitrogen and oxygen atoms in total. The van der Waals surface area contributed by atoms with Gasteiger partial charge in [-0.1, -0.05) is 40.0 Å². The van der Waals surface area contributed by atoms with Crippen LogP contribution < -0.4 is 0 Å². The molecule has 1 radical (unpaired) electrons. The van der Waals surface area contributed by atoms with Crippen molar-refractivity contribution in [2.45, 2.75) is 85.0 Å². The third kappa shape index (κ3) is 5.22. The highest BCUT2D eigenvalue weighted by Crippen LogP contribution is 2.19. The maximum Gasteiger partial charge on any atom is 0.128 e. The largest absolute Gasteiger partial charge is 0.238 e. The van der Waals surface area contributed by atoms with Crippen LogP contribution in [0.5, 0.6) is 0 Å². The Bertz CT molecular complexity index is 356. The zero-order valence-electron chi connectivity index (χ0n) is 13.7. The minimum Gasteiger partial charge on any atom is -0.238 e. The first-order valence-electron chi connectivity index (χ1n) is 8.43. The third-order valence-corrected chi connectivity index (χ3v) is 3.76. The topological polar surface area (TPSA) is 25.8 Å². The summed E-state index contributed by atoms with van der Waals surface area (Å²) in [5.74, 6) is 0.933. The Morgan fingerprint density at radius 3 is 1.60 bits per heavy atom. The molecule has 0 unspecified atom stereocenters. The zero-order chi connectivity index (χ0) is 14.8. The molecule has 1 heterocycles. The molecule has 0 atom stereocenters. The average Bonchev–Trinajstić information content (AvgIpc) is 2.48. The molecule has 1 aromatic heterocycles. The van der Waals surface area contributed by atoms with Crippen molar-refractivity contribution in [2.75, 3.05) is 0 Å². The van der Waals surface area contributed by atoms with Gasteiger partial charge in [-0.3, -0.25) is 0 Å². The number of aromatic nitrogens is 2. The fourth-order valence-electron chi connectivity index (χ4n) is 2.49. The quantitative estimate of drug-likeness (QED) is 0.608. The van der Waals surface area contributed by atoms with E-state index in [1.54, 1.807) is 0 Å². The van der Waals surface area contributed by atoms with Crippen molar-refractivity contribution in [3.63, 3.8) is 0 Å². The molecular weight excluding hydrogens is 244 g/mol. The van der Waals surface area contributed by atoms with Gasteiger partial charge in [0, 0.05) is 17.8 Å². The van der Waals surface area contributed by atoms with E-state index in [4.69, 9.17) is 9.97 Å². The van der Waals surface area contributed by atoms with Gasteiger partial charge in [-0.2, -0.15) is 0 Å². The van der Waals surface area contributed by atoms with Gasteiger partial charge in [0.05, 0.1) is 0 Å². The molecule has 0 aromatic carbocycles. The van der Waals surface area contributed by atoms with Crippen molar-refractivity contribution in [2.24, 2.45) is 0 Å². The van der Waals surface area contributed by atoms with E-state index in [0.29, 0.717) is 6.42 Å². The first-order chi connectivity index (χ1) is 9.76. The Morgan fingerprint density at radius 1 is 0.750 bits per heavy atom. The molecule has 0 saturated carbocycles. The van der Waals surface area contributed by atoms with E-state index in [1.165, 1.54) is 55.5 Å². The molecule has 0 bridgehead atoms. The van der Waals surface area contributed by atoms with E-state index in [2.05, 4.69) is 27.7 Å². The van der Waals surface area contributed by atoms with Crippen LogP contribution >= 0.6 is 0 Å². The Kier molecular flexibility index (Phi) is 8.48. The number of aryl methyl sites for hydroxylation is 2. The molecule has 0 aliphatic rings. The van der Waals surface area contributed by atoms with Crippen LogP contribution in [0.15, 0.2) is 0 Å². The zero-order valence-corrected chi connectivity index (χ0v) is 13.7. The van der Waals surface area contributed by atoms with Crippen molar-refractivity contribution in [1.82, 2.24) is 9.97 Å². The summed E-state index contributed by atoms with van der Waals surface area (Å²) in [7, 11) is 0. The first kappa shape index (κ1) is 17.1. The van der Waals surface area contributed by atoms with Gasteiger partial charge in [0.15, 0.2) is 0 Å². The third-order valence-electron chi connectivity index (χ3n) is 3.76. The standard InChI is InChI=1S/C18H31N2/c1-5-9-12-15-16(13-10-6-2)19-18(8-4)20-17(15)14-11-7-3/h4-14H2,1-3H3. The SMILES string of the molecule is [CH2]Cc1nc(CCCC)c(CCCC)c(CCCC)n1. The fourth-order valence-corrected chi connectivity index (χ4v) is 2.49. The van der Waals surface area contributed by atoms with Gasteiger partial charge in [-0.05, 0) is 51.0 Å². The summed E-state index contributed by atoms with van der Waals surface area (Å²) in [6, 6.07) is 0. The Balaban J connectivity index is 3.06. The number of hydrogen-bond acceptors (Lipinski definition) is 2. The lowest BCUT2D eigenvalue weighted by molar-refractivity contribution is 0.691. The second kappa shape index (κ2) is 9.90. The van der Waals surface area contributed by atoms with E-state index in [0.717, 1.165) is 25.1 Å². The first-order valence-corrected chi connectivity index (χ1v) is 8.43. The van der Waals surface area contributed by atoms with Crippen LogP contribution in [0.4, 0.5) is 0 Å². The van der Waals surface area contributed by atoms with E-state index in [1.807, 2.05) is 0 Å². The Morgan fingerprint density at radius 2 is 1.20 bits per heavy atom. The number of hydrogen-bond donors (Lipinski definition) is 0. The van der Waals surface area contributed by atoms with Crippen molar-refractivity contribution in [1.29, 1.82) is 0 Å². The van der Waals surface area contributed by atoms with Gasteiger partial charge < -0.3 is 0 Å². The predicted octanol–water partition coefficient (Wildman–Crippen LogP) is 4.88. The molecular formula is C18H31N2. The lowest BCUT2D eigenvalue weighted by Gasteiger charge is -2.15. The smallest absolute Gasteiger partial charge is 0.128 e. The molecule has 1 rings (SSSR count). The second-order valence-electron chi connectivity index (χ2n) is 5.57. The summed E-state index contributed by atoms with van der Waals surface area (Å²) in [4.78, 5) is 9.55. The van der Waals surface area contributed by atoms with Crippen LogP contribution in [0.25, 0.3) is 0 Å². The molecule has 0 spiro atoms. The minimum absolute atomic E-state index is 0.701. The van der Waals surface area contributed by atoms with Gasteiger partial charge in [-0.15, -0.1) is 0 Å². The van der Waals surface area contributed by atoms with Gasteiger partial charge >= 0.3 is 0 Å². The van der Waals surface area contributed by atoms with E-state index < -0.39 is 0 Å². The minimum atomic E-state index is 0.701. The van der Waals surface area contributed by atoms with E-state index >= 15 is 0 Å². The highest BCUT2D eigenvalue weighted by atomic mass is 14.9. The number of nitrogens with zero attached hydrogens (tertiary/aromatic N) is 2. The summed E-state index contributed by atoms with van der Waals surface area (Å²) >= 11 is 0. The lowest BCUT2D eigenvalue weighted by atomic mass is 9.98. The molecule has 0 aliphatic heterocycles. The molecule has 0 N–H and O–H groups in total. The van der Waals surface area contributed by atoms with Crippen LogP contribution in [0.2, 0.25) is 0 Å². The summed E-state index contributed by atoms with van der Waals surface area (Å²) in [5, 5.41) is 0. The fraction of sp³-hybridized carbons (Fsp3) is 0.722. The summed E-state index contributed by atoms with van der Waals surface area (Å²) in [5.41, 5.74) is 4.06. The van der Waals surface area contributed by atoms with Crippen molar-refractivity contribution >= 4 is 0 Å². The van der Waals surface area contributed by atoms with Crippen molar-refractivity contribution in [3.8, 4) is 0 Å². The van der Waals surface area contributed by atoms with E-state index in [9.17, 15) is 0 Å². The average molecular weight is 275 g/mol. The summed E-state index contributed by atoms with van der Waals surface area (Å²) < 4.78 is 0. The van der Waals surface area contributed by atoms with Crippen LogP contribution in [-0.4, -0.2) is 9.97 Å². The lowest BCUT2D eigenvalue weighted by Crippen LogP contribution is -2.10. The predicted molar refractivity (Wildman–Crippen MR) is 86.9 cm³/mol.